The third-order valence-corrected chi connectivity index (χ3v) is 2.38. The van der Waals surface area contributed by atoms with Crippen molar-refractivity contribution in [2.75, 3.05) is 13.2 Å². The molecule has 0 aromatic heterocycles. The number of ether oxygens (including phenoxy) is 2. The largest absolute Gasteiger partial charge is 0.485 e. The summed E-state index contributed by atoms with van der Waals surface area (Å²) in [7, 11) is 0. The number of fused-ring (bicyclic) bond motifs is 1. The summed E-state index contributed by atoms with van der Waals surface area (Å²) in [4.78, 5) is 11.9. The van der Waals surface area contributed by atoms with E-state index in [1.54, 1.807) is 12.1 Å². The third-order valence-electron chi connectivity index (χ3n) is 2.24. The van der Waals surface area contributed by atoms with Crippen LogP contribution in [0.5, 0.6) is 11.5 Å². The monoisotopic (exact) mass is 252 g/mol. The number of nitrogens with one attached hydrogen (secondary N) is 1. The highest BCUT2D eigenvalue weighted by Gasteiger charge is 2.26. The van der Waals surface area contributed by atoms with Gasteiger partial charge in [0.15, 0.2) is 11.5 Å². The first-order chi connectivity index (χ1) is 8.16. The van der Waals surface area contributed by atoms with Crippen molar-refractivity contribution in [2.24, 2.45) is 5.73 Å². The number of para-hydroxylation sites is 2. The zero-order valence-corrected chi connectivity index (χ0v) is 9.83. The van der Waals surface area contributed by atoms with E-state index in [9.17, 15) is 4.79 Å². The van der Waals surface area contributed by atoms with Gasteiger partial charge in [-0.05, 0) is 12.1 Å². The number of hydrogen-bond acceptors (Lipinski definition) is 4. The molecule has 1 amide bonds. The smallest absolute Gasteiger partial charge is 0.265 e. The van der Waals surface area contributed by atoms with Gasteiger partial charge in [0.1, 0.15) is 6.61 Å². The summed E-state index contributed by atoms with van der Waals surface area (Å²) < 4.78 is 10.9. The van der Waals surface area contributed by atoms with Gasteiger partial charge in [0, 0.05) is 0 Å². The lowest BCUT2D eigenvalue weighted by Gasteiger charge is -2.25. The molecule has 1 aromatic carbocycles. The molecule has 0 radical (unpaired) electrons. The lowest BCUT2D eigenvalue weighted by molar-refractivity contribution is -0.130. The van der Waals surface area contributed by atoms with Crippen LogP contribution in [-0.4, -0.2) is 30.2 Å². The Kier molecular flexibility index (Phi) is 3.43. The number of nitrogens with two attached hydrogens (primary N) is 1. The molecule has 0 fully saturated rings. The average molecular weight is 252 g/mol. The van der Waals surface area contributed by atoms with Crippen LogP contribution in [0.3, 0.4) is 0 Å². The molecule has 2 rings (SSSR count). The number of thiocarbonyl (C=S) groups is 1. The quantitative estimate of drug-likeness (QED) is 0.753. The molecule has 1 aliphatic heterocycles. The van der Waals surface area contributed by atoms with Crippen LogP contribution in [0.15, 0.2) is 24.3 Å². The summed E-state index contributed by atoms with van der Waals surface area (Å²) in [5.41, 5.74) is 5.29. The van der Waals surface area contributed by atoms with E-state index in [4.69, 9.17) is 15.2 Å². The molecule has 17 heavy (non-hydrogen) atoms. The number of hydrogen-bond donors (Lipinski definition) is 2. The first-order valence-electron chi connectivity index (χ1n) is 5.11. The van der Waals surface area contributed by atoms with Crippen LogP contribution in [0, 0.1) is 0 Å². The molecule has 90 valence electrons. The van der Waals surface area contributed by atoms with Gasteiger partial charge in [-0.2, -0.15) is 0 Å². The van der Waals surface area contributed by atoms with Crippen LogP contribution >= 0.6 is 12.2 Å². The van der Waals surface area contributed by atoms with Crippen molar-refractivity contribution in [2.45, 2.75) is 6.10 Å². The van der Waals surface area contributed by atoms with E-state index in [1.165, 1.54) is 0 Å². The Balaban J connectivity index is 1.97. The predicted molar refractivity (Wildman–Crippen MR) is 66.1 cm³/mol. The maximum Gasteiger partial charge on any atom is 0.265 e. The van der Waals surface area contributed by atoms with E-state index in [0.29, 0.717) is 11.5 Å². The van der Waals surface area contributed by atoms with Crippen molar-refractivity contribution in [3.05, 3.63) is 24.3 Å². The molecule has 1 heterocycles. The van der Waals surface area contributed by atoms with Gasteiger partial charge < -0.3 is 20.5 Å². The number of amides is 1. The van der Waals surface area contributed by atoms with Gasteiger partial charge in [0.2, 0.25) is 6.10 Å². The maximum atomic E-state index is 11.7. The van der Waals surface area contributed by atoms with Gasteiger partial charge in [0.25, 0.3) is 5.91 Å². The minimum Gasteiger partial charge on any atom is -0.485 e. The molecule has 1 unspecified atom stereocenters. The Morgan fingerprint density at radius 2 is 2.18 bits per heavy atom. The van der Waals surface area contributed by atoms with Crippen molar-refractivity contribution in [3.63, 3.8) is 0 Å². The summed E-state index contributed by atoms with van der Waals surface area (Å²) in [6.45, 7) is 0.343. The minimum absolute atomic E-state index is 0.162. The lowest BCUT2D eigenvalue weighted by atomic mass is 10.2. The Labute approximate surface area is 104 Å². The molecule has 0 aliphatic carbocycles. The minimum atomic E-state index is -0.667. The Hall–Kier alpha value is -1.82. The molecule has 0 saturated heterocycles. The molecule has 0 bridgehead atoms. The van der Waals surface area contributed by atoms with Crippen molar-refractivity contribution in [1.29, 1.82) is 0 Å². The summed E-state index contributed by atoms with van der Waals surface area (Å²) in [6, 6.07) is 7.20. The second-order valence-electron chi connectivity index (χ2n) is 3.55. The van der Waals surface area contributed by atoms with E-state index in [2.05, 4.69) is 17.5 Å². The Morgan fingerprint density at radius 1 is 1.47 bits per heavy atom. The first-order valence-corrected chi connectivity index (χ1v) is 5.52. The molecule has 1 aliphatic rings. The van der Waals surface area contributed by atoms with Crippen LogP contribution in [0.2, 0.25) is 0 Å². The maximum absolute atomic E-state index is 11.7. The van der Waals surface area contributed by atoms with Crippen LogP contribution in [0.25, 0.3) is 0 Å². The summed E-state index contributed by atoms with van der Waals surface area (Å²) in [5, 5.41) is 2.57. The van der Waals surface area contributed by atoms with Crippen LogP contribution in [0.4, 0.5) is 0 Å². The second kappa shape index (κ2) is 5.01. The Bertz CT molecular complexity index is 450. The third kappa shape index (κ3) is 2.85. The molecule has 1 atom stereocenters. The number of rotatable bonds is 3. The van der Waals surface area contributed by atoms with Crippen molar-refractivity contribution >= 4 is 23.1 Å². The van der Waals surface area contributed by atoms with Crippen LogP contribution in [0.1, 0.15) is 0 Å². The average Bonchev–Trinajstić information content (AvgIpc) is 2.35. The normalized spacial score (nSPS) is 17.3. The van der Waals surface area contributed by atoms with Crippen molar-refractivity contribution < 1.29 is 14.3 Å². The molecular formula is C11H12N2O3S. The number of carbonyl (C=O) groups is 1. The second-order valence-corrected chi connectivity index (χ2v) is 4.07. The zero-order valence-electron chi connectivity index (χ0n) is 9.01. The van der Waals surface area contributed by atoms with Crippen molar-refractivity contribution in [1.82, 2.24) is 5.32 Å². The van der Waals surface area contributed by atoms with Gasteiger partial charge in [-0.15, -0.1) is 0 Å². The van der Waals surface area contributed by atoms with Gasteiger partial charge >= 0.3 is 0 Å². The van der Waals surface area contributed by atoms with E-state index in [1.807, 2.05) is 12.1 Å². The molecule has 1 aromatic rings. The zero-order chi connectivity index (χ0) is 12.3. The fourth-order valence-corrected chi connectivity index (χ4v) is 1.51. The summed E-state index contributed by atoms with van der Waals surface area (Å²) in [5.74, 6) is 0.924. The predicted octanol–water partition coefficient (Wildman–Crippen LogP) is 0.229. The molecule has 5 nitrogen and oxygen atoms in total. The van der Waals surface area contributed by atoms with Crippen molar-refractivity contribution in [3.8, 4) is 11.5 Å². The topological polar surface area (TPSA) is 73.6 Å². The molecule has 0 saturated carbocycles. The SMILES string of the molecule is NC(=S)CNC(=O)C1COc2ccccc2O1. The number of benzene rings is 1. The summed E-state index contributed by atoms with van der Waals surface area (Å²) in [6.07, 6.45) is -0.667. The highest BCUT2D eigenvalue weighted by molar-refractivity contribution is 7.80. The fraction of sp³-hybridized carbons (Fsp3) is 0.273. The van der Waals surface area contributed by atoms with Crippen LogP contribution in [-0.2, 0) is 4.79 Å². The van der Waals surface area contributed by atoms with Crippen LogP contribution < -0.4 is 20.5 Å². The van der Waals surface area contributed by atoms with Gasteiger partial charge in [-0.25, -0.2) is 0 Å². The summed E-state index contributed by atoms with van der Waals surface area (Å²) >= 11 is 4.67. The first kappa shape index (κ1) is 11.7. The van der Waals surface area contributed by atoms with E-state index >= 15 is 0 Å². The highest BCUT2D eigenvalue weighted by atomic mass is 32.1. The fourth-order valence-electron chi connectivity index (χ4n) is 1.44. The lowest BCUT2D eigenvalue weighted by Crippen LogP contribution is -2.46. The molecule has 3 N–H and O–H groups in total. The van der Waals surface area contributed by atoms with E-state index < -0.39 is 6.10 Å². The van der Waals surface area contributed by atoms with E-state index in [0.717, 1.165) is 0 Å². The molecule has 0 spiro atoms. The van der Waals surface area contributed by atoms with Gasteiger partial charge in [-0.1, -0.05) is 24.4 Å². The van der Waals surface area contributed by atoms with E-state index in [-0.39, 0.29) is 24.0 Å². The molecular weight excluding hydrogens is 240 g/mol. The standard InChI is InChI=1S/C11H12N2O3S/c12-10(17)5-13-11(14)9-6-15-7-3-1-2-4-8(7)16-9/h1-4,9H,5-6H2,(H2,12,17)(H,13,14). The molecule has 6 heteroatoms. The van der Waals surface area contributed by atoms with Gasteiger partial charge in [0.05, 0.1) is 11.5 Å². The number of carbonyl (C=O) groups excluding carboxylic acids is 1. The Morgan fingerprint density at radius 3 is 2.88 bits per heavy atom. The van der Waals surface area contributed by atoms with Gasteiger partial charge in [-0.3, -0.25) is 4.79 Å². The highest BCUT2D eigenvalue weighted by Crippen LogP contribution is 2.30.